The van der Waals surface area contributed by atoms with Crippen molar-refractivity contribution in [1.29, 1.82) is 0 Å². The number of hydrogen-bond acceptors (Lipinski definition) is 4. The first-order valence-corrected chi connectivity index (χ1v) is 14.0. The number of aryl methyl sites for hydroxylation is 4. The molecule has 4 heterocycles. The molecule has 2 aromatic carbocycles. The van der Waals surface area contributed by atoms with Crippen molar-refractivity contribution in [2.45, 2.75) is 52.4 Å². The van der Waals surface area contributed by atoms with Crippen molar-refractivity contribution >= 4 is 28.1 Å². The van der Waals surface area contributed by atoms with Crippen LogP contribution in [0.1, 0.15) is 57.1 Å². The van der Waals surface area contributed by atoms with E-state index in [1.165, 1.54) is 6.42 Å². The van der Waals surface area contributed by atoms with Gasteiger partial charge in [-0.15, -0.1) is 0 Å². The average Bonchev–Trinajstić information content (AvgIpc) is 3.49. The molecule has 1 fully saturated rings. The third-order valence-corrected chi connectivity index (χ3v) is 7.95. The van der Waals surface area contributed by atoms with E-state index in [-0.39, 0.29) is 11.3 Å². The number of rotatable bonds is 4. The van der Waals surface area contributed by atoms with Crippen LogP contribution in [-0.2, 0) is 27.6 Å². The maximum Gasteiger partial charge on any atom is 0.328 e. The fraction of sp³-hybridized carbons (Fsp3) is 0.467. The third-order valence-electron chi connectivity index (χ3n) is 7.95. The molecular weight excluding hydrogens is 498 g/mol. The van der Waals surface area contributed by atoms with Gasteiger partial charge in [0.1, 0.15) is 0 Å². The Kier molecular flexibility index (Phi) is 7.51. The van der Waals surface area contributed by atoms with Crippen molar-refractivity contribution in [3.05, 3.63) is 58.3 Å². The van der Waals surface area contributed by atoms with E-state index in [1.54, 1.807) is 46.4 Å². The van der Waals surface area contributed by atoms with Crippen molar-refractivity contribution < 1.29 is 8.78 Å². The monoisotopic (exact) mass is 536 g/mol. The lowest BCUT2D eigenvalue weighted by Gasteiger charge is -2.35. The second-order valence-electron chi connectivity index (χ2n) is 10.3. The standard InChI is InChI=1S/C28H32F2N6O.C2H6/c1-32-17-19(16-31-32)21-12-18-8-7-11-36(23(18)15-22(21)27(29)30)20-13-24-26(34(3)28(37)33(24)2)25(14-20)35-9-5-4-6-10-35;1-2/h12-17,27H,4-11H2,1-3H3;1-2H3. The number of anilines is 3. The lowest BCUT2D eigenvalue weighted by molar-refractivity contribution is 0.152. The van der Waals surface area contributed by atoms with Gasteiger partial charge in [-0.3, -0.25) is 13.8 Å². The van der Waals surface area contributed by atoms with Crippen LogP contribution in [0.2, 0.25) is 0 Å². The predicted molar refractivity (Wildman–Crippen MR) is 154 cm³/mol. The van der Waals surface area contributed by atoms with Crippen LogP contribution < -0.4 is 15.5 Å². The van der Waals surface area contributed by atoms with Gasteiger partial charge in [-0.05, 0) is 67.5 Å². The Morgan fingerprint density at radius 2 is 1.62 bits per heavy atom. The molecule has 0 spiro atoms. The van der Waals surface area contributed by atoms with Crippen molar-refractivity contribution in [3.63, 3.8) is 0 Å². The molecular formula is C30H38F2N6O. The van der Waals surface area contributed by atoms with E-state index >= 15 is 0 Å². The molecule has 0 N–H and O–H groups in total. The Morgan fingerprint density at radius 3 is 2.28 bits per heavy atom. The Bertz CT molecular complexity index is 1540. The maximum atomic E-state index is 14.3. The molecule has 6 rings (SSSR count). The minimum absolute atomic E-state index is 0.0168. The van der Waals surface area contributed by atoms with E-state index in [1.807, 2.05) is 33.0 Å². The molecule has 9 heteroatoms. The van der Waals surface area contributed by atoms with Crippen LogP contribution in [0.15, 0.2) is 41.5 Å². The summed E-state index contributed by atoms with van der Waals surface area (Å²) in [5.41, 5.74) is 6.83. The van der Waals surface area contributed by atoms with Gasteiger partial charge in [-0.2, -0.15) is 5.10 Å². The van der Waals surface area contributed by atoms with E-state index in [4.69, 9.17) is 0 Å². The number of benzene rings is 2. The number of imidazole rings is 1. The molecule has 0 saturated carbocycles. The number of alkyl halides is 2. The van der Waals surface area contributed by atoms with Crippen LogP contribution in [0.4, 0.5) is 25.8 Å². The fourth-order valence-corrected chi connectivity index (χ4v) is 6.05. The summed E-state index contributed by atoms with van der Waals surface area (Å²) in [6.07, 6.45) is 6.01. The van der Waals surface area contributed by atoms with Crippen LogP contribution in [-0.4, -0.2) is 38.5 Å². The van der Waals surface area contributed by atoms with Crippen LogP contribution in [0, 0.1) is 0 Å². The number of piperidine rings is 1. The number of nitrogens with zero attached hydrogens (tertiary/aromatic N) is 6. The number of aromatic nitrogens is 4. The highest BCUT2D eigenvalue weighted by Gasteiger charge is 2.27. The zero-order valence-corrected chi connectivity index (χ0v) is 23.5. The molecule has 1 saturated heterocycles. The first kappa shape index (κ1) is 27.0. The van der Waals surface area contributed by atoms with Gasteiger partial charge in [-0.1, -0.05) is 13.8 Å². The molecule has 0 radical (unpaired) electrons. The molecule has 4 aromatic rings. The van der Waals surface area contributed by atoms with Gasteiger partial charge >= 0.3 is 5.69 Å². The molecule has 0 amide bonds. The fourth-order valence-electron chi connectivity index (χ4n) is 6.05. The van der Waals surface area contributed by atoms with Crippen LogP contribution in [0.25, 0.3) is 22.2 Å². The lowest BCUT2D eigenvalue weighted by atomic mass is 9.92. The van der Waals surface area contributed by atoms with Gasteiger partial charge in [0.05, 0.1) is 22.9 Å². The smallest absolute Gasteiger partial charge is 0.328 e. The largest absolute Gasteiger partial charge is 0.370 e. The second-order valence-corrected chi connectivity index (χ2v) is 10.3. The summed E-state index contributed by atoms with van der Waals surface area (Å²) in [7, 11) is 5.41. The highest BCUT2D eigenvalue weighted by atomic mass is 19.3. The second kappa shape index (κ2) is 10.9. The molecule has 0 bridgehead atoms. The first-order chi connectivity index (χ1) is 18.8. The van der Waals surface area contributed by atoms with Crippen LogP contribution in [0.3, 0.4) is 0 Å². The third kappa shape index (κ3) is 4.72. The number of fused-ring (bicyclic) bond motifs is 2. The zero-order valence-electron chi connectivity index (χ0n) is 23.5. The molecule has 2 aliphatic rings. The van der Waals surface area contributed by atoms with Gasteiger partial charge in [0.25, 0.3) is 6.43 Å². The predicted octanol–water partition coefficient (Wildman–Crippen LogP) is 6.32. The highest BCUT2D eigenvalue weighted by molar-refractivity contribution is 5.94. The van der Waals surface area contributed by atoms with Crippen LogP contribution in [0.5, 0.6) is 0 Å². The molecule has 39 heavy (non-hydrogen) atoms. The molecule has 0 atom stereocenters. The Balaban J connectivity index is 0.00000151. The van der Waals surface area contributed by atoms with Crippen molar-refractivity contribution in [2.75, 3.05) is 29.4 Å². The first-order valence-electron chi connectivity index (χ1n) is 14.0. The lowest BCUT2D eigenvalue weighted by Crippen LogP contribution is -2.30. The van der Waals surface area contributed by atoms with Crippen molar-refractivity contribution in [3.8, 4) is 11.1 Å². The molecule has 7 nitrogen and oxygen atoms in total. The highest BCUT2D eigenvalue weighted by Crippen LogP contribution is 2.43. The Hall–Kier alpha value is -3.62. The van der Waals surface area contributed by atoms with Gasteiger partial charge in [-0.25, -0.2) is 13.6 Å². The molecule has 0 aliphatic carbocycles. The average molecular weight is 537 g/mol. The SMILES string of the molecule is CC.Cn1cc(-c2cc3c(cc2C(F)F)N(c2cc(N4CCCCC4)c4c(c2)n(C)c(=O)n4C)CCC3)cn1. The van der Waals surface area contributed by atoms with E-state index in [0.717, 1.165) is 79.0 Å². The van der Waals surface area contributed by atoms with Crippen molar-refractivity contribution in [1.82, 2.24) is 18.9 Å². The van der Waals surface area contributed by atoms with Crippen molar-refractivity contribution in [2.24, 2.45) is 21.1 Å². The Labute approximate surface area is 228 Å². The molecule has 2 aromatic heterocycles. The zero-order chi connectivity index (χ0) is 27.8. The number of hydrogen-bond donors (Lipinski definition) is 0. The quantitative estimate of drug-likeness (QED) is 0.307. The minimum Gasteiger partial charge on any atom is -0.370 e. The molecule has 208 valence electrons. The van der Waals surface area contributed by atoms with E-state index in [0.29, 0.717) is 11.1 Å². The summed E-state index contributed by atoms with van der Waals surface area (Å²) >= 11 is 0. The minimum atomic E-state index is -2.61. The molecule has 2 aliphatic heterocycles. The summed E-state index contributed by atoms with van der Waals surface area (Å²) < 4.78 is 33.7. The summed E-state index contributed by atoms with van der Waals surface area (Å²) in [6.45, 7) is 6.62. The summed E-state index contributed by atoms with van der Waals surface area (Å²) in [6, 6.07) is 7.77. The topological polar surface area (TPSA) is 51.2 Å². The van der Waals surface area contributed by atoms with Gasteiger partial charge in [0.2, 0.25) is 0 Å². The molecule has 0 unspecified atom stereocenters. The number of halogens is 2. The van der Waals surface area contributed by atoms with E-state index in [2.05, 4.69) is 21.0 Å². The normalized spacial score (nSPS) is 15.5. The summed E-state index contributed by atoms with van der Waals surface area (Å²) in [5, 5.41) is 4.20. The van der Waals surface area contributed by atoms with Gasteiger partial charge in [0, 0.05) is 69.5 Å². The Morgan fingerprint density at radius 1 is 0.872 bits per heavy atom. The van der Waals surface area contributed by atoms with E-state index < -0.39 is 6.43 Å². The summed E-state index contributed by atoms with van der Waals surface area (Å²) in [4.78, 5) is 17.4. The van der Waals surface area contributed by atoms with Crippen LogP contribution >= 0.6 is 0 Å². The van der Waals surface area contributed by atoms with Gasteiger partial charge in [0.15, 0.2) is 0 Å². The van der Waals surface area contributed by atoms with E-state index in [9.17, 15) is 13.6 Å². The maximum absolute atomic E-state index is 14.3. The van der Waals surface area contributed by atoms with Gasteiger partial charge < -0.3 is 9.80 Å². The summed E-state index contributed by atoms with van der Waals surface area (Å²) in [5.74, 6) is 0.